The minimum Gasteiger partial charge on any atom is -0.496 e. The topological polar surface area (TPSA) is 36.3 Å². The standard InChI is InChI=1S/C15H22N2O/c1-5-12(2)10-17(3)11-14-8-13(9-16)6-7-15(14)18-4/h6-8,12H,5,10-11H2,1-4H3. The molecule has 3 heteroatoms. The Morgan fingerprint density at radius 2 is 2.17 bits per heavy atom. The molecule has 0 amide bonds. The maximum atomic E-state index is 8.94. The Hall–Kier alpha value is -1.53. The van der Waals surface area contributed by atoms with Gasteiger partial charge in [0.25, 0.3) is 0 Å². The monoisotopic (exact) mass is 246 g/mol. The van der Waals surface area contributed by atoms with E-state index in [0.717, 1.165) is 24.4 Å². The van der Waals surface area contributed by atoms with E-state index in [2.05, 4.69) is 31.9 Å². The Kier molecular flexibility index (Phi) is 5.67. The number of benzene rings is 1. The second-order valence-electron chi connectivity index (χ2n) is 4.85. The molecule has 0 fully saturated rings. The number of hydrogen-bond acceptors (Lipinski definition) is 3. The fourth-order valence-electron chi connectivity index (χ4n) is 1.99. The normalized spacial score (nSPS) is 12.2. The zero-order chi connectivity index (χ0) is 13.5. The van der Waals surface area contributed by atoms with Crippen molar-refractivity contribution in [1.82, 2.24) is 4.90 Å². The molecule has 3 nitrogen and oxygen atoms in total. The Morgan fingerprint density at radius 1 is 1.44 bits per heavy atom. The molecule has 1 aromatic carbocycles. The number of nitriles is 1. The van der Waals surface area contributed by atoms with Crippen LogP contribution in [0.3, 0.4) is 0 Å². The van der Waals surface area contributed by atoms with Gasteiger partial charge in [0, 0.05) is 18.7 Å². The summed E-state index contributed by atoms with van der Waals surface area (Å²) < 4.78 is 5.34. The third-order valence-corrected chi connectivity index (χ3v) is 3.17. The molecule has 0 bridgehead atoms. The zero-order valence-corrected chi connectivity index (χ0v) is 11.7. The Morgan fingerprint density at radius 3 is 2.72 bits per heavy atom. The van der Waals surface area contributed by atoms with Gasteiger partial charge in [-0.25, -0.2) is 0 Å². The van der Waals surface area contributed by atoms with Crippen molar-refractivity contribution in [3.63, 3.8) is 0 Å². The predicted octanol–water partition coefficient (Wildman–Crippen LogP) is 3.04. The van der Waals surface area contributed by atoms with Crippen LogP contribution >= 0.6 is 0 Å². The summed E-state index contributed by atoms with van der Waals surface area (Å²) in [5.74, 6) is 1.53. The predicted molar refractivity (Wildman–Crippen MR) is 73.5 cm³/mol. The van der Waals surface area contributed by atoms with Crippen molar-refractivity contribution in [2.75, 3.05) is 20.7 Å². The first kappa shape index (κ1) is 14.5. The van der Waals surface area contributed by atoms with Crippen molar-refractivity contribution in [2.45, 2.75) is 26.8 Å². The summed E-state index contributed by atoms with van der Waals surface area (Å²) in [5.41, 5.74) is 1.75. The van der Waals surface area contributed by atoms with E-state index in [1.165, 1.54) is 6.42 Å². The van der Waals surface area contributed by atoms with Crippen molar-refractivity contribution in [3.05, 3.63) is 29.3 Å². The average molecular weight is 246 g/mol. The van der Waals surface area contributed by atoms with E-state index in [-0.39, 0.29) is 0 Å². The molecular weight excluding hydrogens is 224 g/mol. The van der Waals surface area contributed by atoms with Gasteiger partial charge in [0.2, 0.25) is 0 Å². The Labute approximate surface area is 110 Å². The lowest BCUT2D eigenvalue weighted by Crippen LogP contribution is -2.24. The van der Waals surface area contributed by atoms with Crippen LogP contribution in [0.5, 0.6) is 5.75 Å². The van der Waals surface area contributed by atoms with E-state index < -0.39 is 0 Å². The minimum absolute atomic E-state index is 0.681. The van der Waals surface area contributed by atoms with Crippen LogP contribution in [0.15, 0.2) is 18.2 Å². The Bertz CT molecular complexity index is 423. The van der Waals surface area contributed by atoms with Gasteiger partial charge in [-0.3, -0.25) is 0 Å². The number of hydrogen-bond donors (Lipinski definition) is 0. The van der Waals surface area contributed by atoms with Gasteiger partial charge in [0.1, 0.15) is 5.75 Å². The first-order chi connectivity index (χ1) is 8.60. The first-order valence-electron chi connectivity index (χ1n) is 6.36. The molecule has 0 N–H and O–H groups in total. The summed E-state index contributed by atoms with van der Waals surface area (Å²) >= 11 is 0. The zero-order valence-electron chi connectivity index (χ0n) is 11.7. The lowest BCUT2D eigenvalue weighted by atomic mass is 10.1. The third-order valence-electron chi connectivity index (χ3n) is 3.17. The van der Waals surface area contributed by atoms with E-state index in [0.29, 0.717) is 11.5 Å². The third kappa shape index (κ3) is 4.05. The van der Waals surface area contributed by atoms with E-state index in [1.54, 1.807) is 13.2 Å². The molecule has 0 spiro atoms. The van der Waals surface area contributed by atoms with Crippen molar-refractivity contribution < 1.29 is 4.74 Å². The molecule has 1 unspecified atom stereocenters. The number of ether oxygens (including phenoxy) is 1. The van der Waals surface area contributed by atoms with E-state index in [9.17, 15) is 0 Å². The molecule has 98 valence electrons. The van der Waals surface area contributed by atoms with Gasteiger partial charge in [0.15, 0.2) is 0 Å². The molecule has 0 aliphatic carbocycles. The summed E-state index contributed by atoms with van der Waals surface area (Å²) in [6.07, 6.45) is 1.18. The highest BCUT2D eigenvalue weighted by atomic mass is 16.5. The van der Waals surface area contributed by atoms with E-state index >= 15 is 0 Å². The summed E-state index contributed by atoms with van der Waals surface area (Å²) in [4.78, 5) is 2.27. The first-order valence-corrected chi connectivity index (χ1v) is 6.36. The maximum Gasteiger partial charge on any atom is 0.123 e. The van der Waals surface area contributed by atoms with Crippen LogP contribution in [0, 0.1) is 17.2 Å². The molecule has 0 aromatic heterocycles. The summed E-state index contributed by atoms with van der Waals surface area (Å²) in [5, 5.41) is 8.94. The van der Waals surface area contributed by atoms with Crippen LogP contribution in [0.2, 0.25) is 0 Å². The highest BCUT2D eigenvalue weighted by molar-refractivity contribution is 5.41. The van der Waals surface area contributed by atoms with Crippen LogP contribution in [0.1, 0.15) is 31.4 Å². The summed E-state index contributed by atoms with van der Waals surface area (Å²) in [7, 11) is 3.77. The molecule has 1 rings (SSSR count). The molecular formula is C15H22N2O. The van der Waals surface area contributed by atoms with Crippen molar-refractivity contribution >= 4 is 0 Å². The van der Waals surface area contributed by atoms with Crippen molar-refractivity contribution in [2.24, 2.45) is 5.92 Å². The Balaban J connectivity index is 2.79. The molecule has 0 radical (unpaired) electrons. The molecule has 1 atom stereocenters. The molecule has 0 aliphatic rings. The summed E-state index contributed by atoms with van der Waals surface area (Å²) in [6.45, 7) is 6.31. The minimum atomic E-state index is 0.681. The number of rotatable bonds is 6. The second kappa shape index (κ2) is 7.03. The quantitative estimate of drug-likeness (QED) is 0.774. The highest BCUT2D eigenvalue weighted by Gasteiger charge is 2.09. The molecule has 0 saturated carbocycles. The molecule has 0 aliphatic heterocycles. The van der Waals surface area contributed by atoms with E-state index in [1.807, 2.05) is 12.1 Å². The average Bonchev–Trinajstić information content (AvgIpc) is 2.38. The van der Waals surface area contributed by atoms with Crippen molar-refractivity contribution in [1.29, 1.82) is 5.26 Å². The maximum absolute atomic E-state index is 8.94. The van der Waals surface area contributed by atoms with Crippen LogP contribution in [-0.2, 0) is 6.54 Å². The van der Waals surface area contributed by atoms with E-state index in [4.69, 9.17) is 10.00 Å². The SMILES string of the molecule is CCC(C)CN(C)Cc1cc(C#N)ccc1OC. The highest BCUT2D eigenvalue weighted by Crippen LogP contribution is 2.21. The van der Waals surface area contributed by atoms with Gasteiger partial charge in [-0.1, -0.05) is 20.3 Å². The van der Waals surface area contributed by atoms with Crippen molar-refractivity contribution in [3.8, 4) is 11.8 Å². The van der Waals surface area contributed by atoms with Gasteiger partial charge in [0.05, 0.1) is 18.7 Å². The fourth-order valence-corrected chi connectivity index (χ4v) is 1.99. The largest absolute Gasteiger partial charge is 0.496 e. The second-order valence-corrected chi connectivity index (χ2v) is 4.85. The fraction of sp³-hybridized carbons (Fsp3) is 0.533. The van der Waals surface area contributed by atoms with Crippen LogP contribution in [0.25, 0.3) is 0 Å². The lowest BCUT2D eigenvalue weighted by molar-refractivity contribution is 0.270. The summed E-state index contributed by atoms with van der Waals surface area (Å²) in [6, 6.07) is 7.73. The van der Waals surface area contributed by atoms with Gasteiger partial charge >= 0.3 is 0 Å². The molecule has 18 heavy (non-hydrogen) atoms. The smallest absolute Gasteiger partial charge is 0.123 e. The number of methoxy groups -OCH3 is 1. The molecule has 1 aromatic rings. The molecule has 0 saturated heterocycles. The van der Waals surface area contributed by atoms with Gasteiger partial charge < -0.3 is 9.64 Å². The van der Waals surface area contributed by atoms with Gasteiger partial charge in [-0.2, -0.15) is 5.26 Å². The lowest BCUT2D eigenvalue weighted by Gasteiger charge is -2.21. The van der Waals surface area contributed by atoms with Gasteiger partial charge in [-0.05, 0) is 31.2 Å². The van der Waals surface area contributed by atoms with Crippen LogP contribution in [0.4, 0.5) is 0 Å². The van der Waals surface area contributed by atoms with Crippen LogP contribution in [-0.4, -0.2) is 25.6 Å². The number of nitrogens with zero attached hydrogens (tertiary/aromatic N) is 2. The molecule has 0 heterocycles. The van der Waals surface area contributed by atoms with Crippen LogP contribution < -0.4 is 4.74 Å². The van der Waals surface area contributed by atoms with Gasteiger partial charge in [-0.15, -0.1) is 0 Å².